The van der Waals surface area contributed by atoms with Crippen molar-refractivity contribution in [2.24, 2.45) is 5.73 Å². The monoisotopic (exact) mass is 250 g/mol. The third kappa shape index (κ3) is 4.67. The third-order valence-corrected chi connectivity index (χ3v) is 2.75. The first-order chi connectivity index (χ1) is 8.33. The van der Waals surface area contributed by atoms with Gasteiger partial charge in [-0.15, -0.1) is 0 Å². The van der Waals surface area contributed by atoms with E-state index in [2.05, 4.69) is 51.9 Å². The summed E-state index contributed by atoms with van der Waals surface area (Å²) in [6.07, 6.45) is 0.965. The van der Waals surface area contributed by atoms with Gasteiger partial charge in [0.2, 0.25) is 0 Å². The zero-order valence-corrected chi connectivity index (χ0v) is 12.2. The summed E-state index contributed by atoms with van der Waals surface area (Å²) in [7, 11) is 4.17. The van der Waals surface area contributed by atoms with Crippen LogP contribution in [0, 0.1) is 0 Å². The van der Waals surface area contributed by atoms with Gasteiger partial charge in [0.1, 0.15) is 11.4 Å². The van der Waals surface area contributed by atoms with Gasteiger partial charge in [0.25, 0.3) is 0 Å². The highest BCUT2D eigenvalue weighted by atomic mass is 16.5. The first-order valence-corrected chi connectivity index (χ1v) is 6.49. The molecule has 0 saturated carbocycles. The zero-order valence-electron chi connectivity index (χ0n) is 12.2. The van der Waals surface area contributed by atoms with Crippen LogP contribution in [0.15, 0.2) is 24.3 Å². The van der Waals surface area contributed by atoms with Gasteiger partial charge in [-0.05, 0) is 65.5 Å². The Morgan fingerprint density at radius 1 is 1.17 bits per heavy atom. The largest absolute Gasteiger partial charge is 0.488 e. The van der Waals surface area contributed by atoms with Crippen molar-refractivity contribution in [1.29, 1.82) is 0 Å². The minimum Gasteiger partial charge on any atom is -0.488 e. The first-order valence-electron chi connectivity index (χ1n) is 6.49. The average molecular weight is 250 g/mol. The van der Waals surface area contributed by atoms with Crippen LogP contribution in [0.25, 0.3) is 0 Å². The van der Waals surface area contributed by atoms with E-state index in [0.717, 1.165) is 12.2 Å². The van der Waals surface area contributed by atoms with E-state index in [1.165, 1.54) is 5.56 Å². The van der Waals surface area contributed by atoms with Crippen molar-refractivity contribution in [2.75, 3.05) is 20.6 Å². The predicted octanol–water partition coefficient (Wildman–Crippen LogP) is 2.82. The summed E-state index contributed by atoms with van der Waals surface area (Å²) in [4.78, 5) is 2.20. The van der Waals surface area contributed by atoms with Crippen LogP contribution >= 0.6 is 0 Å². The molecule has 0 spiro atoms. The van der Waals surface area contributed by atoms with Gasteiger partial charge >= 0.3 is 0 Å². The number of benzene rings is 1. The maximum absolute atomic E-state index is 5.82. The molecule has 3 nitrogen and oxygen atoms in total. The molecule has 0 fully saturated rings. The van der Waals surface area contributed by atoms with Crippen molar-refractivity contribution in [3.63, 3.8) is 0 Å². The van der Waals surface area contributed by atoms with Crippen LogP contribution in [0.3, 0.4) is 0 Å². The molecule has 0 aliphatic rings. The topological polar surface area (TPSA) is 38.5 Å². The molecule has 0 bridgehead atoms. The summed E-state index contributed by atoms with van der Waals surface area (Å²) in [6, 6.07) is 8.70. The minimum absolute atomic E-state index is 0.153. The standard InChI is InChI=1S/C15H26N2O/c1-15(2,3)18-13-8-6-12(7-9-13)14(10-11-16)17(4)5/h6-9,14H,10-11,16H2,1-5H3. The molecule has 0 saturated heterocycles. The summed E-state index contributed by atoms with van der Waals surface area (Å²) < 4.78 is 5.82. The van der Waals surface area contributed by atoms with Crippen LogP contribution in [0.4, 0.5) is 0 Å². The Bertz CT molecular complexity index is 352. The lowest BCUT2D eigenvalue weighted by Gasteiger charge is -2.25. The molecule has 1 atom stereocenters. The second-order valence-corrected chi connectivity index (χ2v) is 5.84. The Hall–Kier alpha value is -1.06. The number of nitrogens with zero attached hydrogens (tertiary/aromatic N) is 1. The number of nitrogens with two attached hydrogens (primary N) is 1. The normalized spacial score (nSPS) is 13.7. The van der Waals surface area contributed by atoms with Gasteiger partial charge in [-0.2, -0.15) is 0 Å². The van der Waals surface area contributed by atoms with Gasteiger partial charge in [-0.25, -0.2) is 0 Å². The van der Waals surface area contributed by atoms with Crippen molar-refractivity contribution >= 4 is 0 Å². The number of ether oxygens (including phenoxy) is 1. The van der Waals surface area contributed by atoms with Crippen LogP contribution < -0.4 is 10.5 Å². The quantitative estimate of drug-likeness (QED) is 0.873. The SMILES string of the molecule is CN(C)C(CCN)c1ccc(OC(C)(C)C)cc1. The molecule has 18 heavy (non-hydrogen) atoms. The minimum atomic E-state index is -0.153. The molecule has 1 unspecified atom stereocenters. The zero-order chi connectivity index (χ0) is 13.8. The maximum Gasteiger partial charge on any atom is 0.120 e. The summed E-state index contributed by atoms with van der Waals surface area (Å²) in [6.45, 7) is 6.86. The van der Waals surface area contributed by atoms with Crippen molar-refractivity contribution in [3.8, 4) is 5.75 Å². The highest BCUT2D eigenvalue weighted by Crippen LogP contribution is 2.25. The fourth-order valence-corrected chi connectivity index (χ4v) is 1.99. The molecule has 0 aliphatic carbocycles. The van der Waals surface area contributed by atoms with Crippen molar-refractivity contribution in [1.82, 2.24) is 4.90 Å². The van der Waals surface area contributed by atoms with E-state index in [4.69, 9.17) is 10.5 Å². The van der Waals surface area contributed by atoms with Gasteiger partial charge in [0, 0.05) is 6.04 Å². The van der Waals surface area contributed by atoms with Crippen LogP contribution in [-0.2, 0) is 0 Å². The first kappa shape index (κ1) is 15.0. The predicted molar refractivity (Wildman–Crippen MR) is 76.9 cm³/mol. The Labute approximate surface area is 111 Å². The highest BCUT2D eigenvalue weighted by molar-refractivity contribution is 5.29. The Morgan fingerprint density at radius 2 is 1.72 bits per heavy atom. The van der Waals surface area contributed by atoms with E-state index in [0.29, 0.717) is 12.6 Å². The molecule has 1 aromatic rings. The molecule has 2 N–H and O–H groups in total. The average Bonchev–Trinajstić information content (AvgIpc) is 2.25. The third-order valence-electron chi connectivity index (χ3n) is 2.75. The summed E-state index contributed by atoms with van der Waals surface area (Å²) >= 11 is 0. The van der Waals surface area contributed by atoms with Gasteiger partial charge in [0.05, 0.1) is 0 Å². The lowest BCUT2D eigenvalue weighted by Crippen LogP contribution is -2.24. The van der Waals surface area contributed by atoms with E-state index >= 15 is 0 Å². The Morgan fingerprint density at radius 3 is 2.11 bits per heavy atom. The number of rotatable bonds is 5. The van der Waals surface area contributed by atoms with Crippen LogP contribution in [-0.4, -0.2) is 31.1 Å². The second-order valence-electron chi connectivity index (χ2n) is 5.84. The molecular formula is C15H26N2O. The van der Waals surface area contributed by atoms with Crippen molar-refractivity contribution in [2.45, 2.75) is 38.8 Å². The lowest BCUT2D eigenvalue weighted by molar-refractivity contribution is 0.131. The smallest absolute Gasteiger partial charge is 0.120 e. The molecule has 0 heterocycles. The molecule has 0 aliphatic heterocycles. The Balaban J connectivity index is 2.80. The molecule has 3 heteroatoms. The second kappa shape index (κ2) is 6.21. The van der Waals surface area contributed by atoms with E-state index in [1.54, 1.807) is 0 Å². The summed E-state index contributed by atoms with van der Waals surface area (Å²) in [5.41, 5.74) is 6.80. The van der Waals surface area contributed by atoms with Crippen molar-refractivity contribution in [3.05, 3.63) is 29.8 Å². The van der Waals surface area contributed by atoms with Gasteiger partial charge in [0.15, 0.2) is 0 Å². The summed E-state index contributed by atoms with van der Waals surface area (Å²) in [5, 5.41) is 0. The molecule has 102 valence electrons. The number of hydrogen-bond donors (Lipinski definition) is 1. The van der Waals surface area contributed by atoms with E-state index < -0.39 is 0 Å². The lowest BCUT2D eigenvalue weighted by atomic mass is 10.0. The van der Waals surface area contributed by atoms with Crippen molar-refractivity contribution < 1.29 is 4.74 Å². The molecule has 0 radical (unpaired) electrons. The van der Waals surface area contributed by atoms with Gasteiger partial charge in [-0.1, -0.05) is 12.1 Å². The number of hydrogen-bond acceptors (Lipinski definition) is 3. The van der Waals surface area contributed by atoms with E-state index in [1.807, 2.05) is 12.1 Å². The molecule has 0 amide bonds. The molecule has 0 aromatic heterocycles. The van der Waals surface area contributed by atoms with E-state index in [9.17, 15) is 0 Å². The fraction of sp³-hybridized carbons (Fsp3) is 0.600. The maximum atomic E-state index is 5.82. The van der Waals surface area contributed by atoms with E-state index in [-0.39, 0.29) is 5.60 Å². The molecule has 1 rings (SSSR count). The fourth-order valence-electron chi connectivity index (χ4n) is 1.99. The van der Waals surface area contributed by atoms with Crippen LogP contribution in [0.1, 0.15) is 38.8 Å². The van der Waals surface area contributed by atoms with Crippen LogP contribution in [0.2, 0.25) is 0 Å². The molecule has 1 aromatic carbocycles. The highest BCUT2D eigenvalue weighted by Gasteiger charge is 2.15. The molecular weight excluding hydrogens is 224 g/mol. The Kier molecular flexibility index (Phi) is 5.17. The summed E-state index contributed by atoms with van der Waals surface area (Å²) in [5.74, 6) is 0.913. The van der Waals surface area contributed by atoms with Gasteiger partial charge < -0.3 is 15.4 Å². The van der Waals surface area contributed by atoms with Gasteiger partial charge in [-0.3, -0.25) is 0 Å². The van der Waals surface area contributed by atoms with Crippen LogP contribution in [0.5, 0.6) is 5.75 Å².